The SMILES string of the molecule is COc1ccc(NC(=O)CN2C(=O)COc3ccc([N+](=O)[O-])cc32)cc1. The van der Waals surface area contributed by atoms with Crippen molar-refractivity contribution in [1.29, 1.82) is 0 Å². The maximum absolute atomic E-state index is 12.3. The van der Waals surface area contributed by atoms with Crippen LogP contribution >= 0.6 is 0 Å². The van der Waals surface area contributed by atoms with Gasteiger partial charge in [0.25, 0.3) is 11.6 Å². The summed E-state index contributed by atoms with van der Waals surface area (Å²) >= 11 is 0. The van der Waals surface area contributed by atoms with E-state index in [1.807, 2.05) is 0 Å². The summed E-state index contributed by atoms with van der Waals surface area (Å²) in [5.41, 5.74) is 0.540. The fourth-order valence-corrected chi connectivity index (χ4v) is 2.50. The first-order valence-corrected chi connectivity index (χ1v) is 7.63. The summed E-state index contributed by atoms with van der Waals surface area (Å²) in [7, 11) is 1.54. The Balaban J connectivity index is 1.78. The fraction of sp³-hybridized carbons (Fsp3) is 0.176. The monoisotopic (exact) mass is 357 g/mol. The lowest BCUT2D eigenvalue weighted by Gasteiger charge is -2.28. The highest BCUT2D eigenvalue weighted by atomic mass is 16.6. The van der Waals surface area contributed by atoms with Crippen molar-refractivity contribution in [3.63, 3.8) is 0 Å². The van der Waals surface area contributed by atoms with Crippen molar-refractivity contribution < 1.29 is 24.0 Å². The van der Waals surface area contributed by atoms with Crippen molar-refractivity contribution in [1.82, 2.24) is 0 Å². The highest BCUT2D eigenvalue weighted by Gasteiger charge is 2.29. The first kappa shape index (κ1) is 17.2. The average Bonchev–Trinajstić information content (AvgIpc) is 2.64. The van der Waals surface area contributed by atoms with Gasteiger partial charge in [-0.05, 0) is 30.3 Å². The summed E-state index contributed by atoms with van der Waals surface area (Å²) in [5, 5.41) is 13.6. The predicted molar refractivity (Wildman–Crippen MR) is 92.6 cm³/mol. The van der Waals surface area contributed by atoms with Crippen LogP contribution < -0.4 is 19.7 Å². The number of methoxy groups -OCH3 is 1. The smallest absolute Gasteiger partial charge is 0.271 e. The third-order valence-electron chi connectivity index (χ3n) is 3.77. The van der Waals surface area contributed by atoms with Crippen LogP contribution in [0.25, 0.3) is 0 Å². The minimum Gasteiger partial charge on any atom is -0.497 e. The van der Waals surface area contributed by atoms with Gasteiger partial charge in [0.2, 0.25) is 5.91 Å². The molecule has 0 unspecified atom stereocenters. The largest absolute Gasteiger partial charge is 0.497 e. The molecule has 2 amide bonds. The second-order valence-electron chi connectivity index (χ2n) is 5.45. The number of benzene rings is 2. The standard InChI is InChI=1S/C17H15N3O6/c1-25-13-5-2-11(3-6-13)18-16(21)9-19-14-8-12(20(23)24)4-7-15(14)26-10-17(19)22/h2-8H,9-10H2,1H3,(H,18,21). The molecular weight excluding hydrogens is 342 g/mol. The van der Waals surface area contributed by atoms with Gasteiger partial charge in [0, 0.05) is 17.8 Å². The first-order chi connectivity index (χ1) is 12.5. The number of amides is 2. The molecule has 0 atom stereocenters. The Morgan fingerprint density at radius 1 is 1.31 bits per heavy atom. The van der Waals surface area contributed by atoms with Gasteiger partial charge in [-0.1, -0.05) is 0 Å². The lowest BCUT2D eigenvalue weighted by molar-refractivity contribution is -0.384. The Morgan fingerprint density at radius 2 is 2.04 bits per heavy atom. The van der Waals surface area contributed by atoms with Crippen molar-refractivity contribution in [3.8, 4) is 11.5 Å². The van der Waals surface area contributed by atoms with Crippen LogP contribution in [0.2, 0.25) is 0 Å². The third kappa shape index (κ3) is 3.56. The first-order valence-electron chi connectivity index (χ1n) is 7.63. The Bertz CT molecular complexity index is 865. The average molecular weight is 357 g/mol. The van der Waals surface area contributed by atoms with Gasteiger partial charge in [-0.2, -0.15) is 0 Å². The number of fused-ring (bicyclic) bond motifs is 1. The topological polar surface area (TPSA) is 111 Å². The van der Waals surface area contributed by atoms with Crippen molar-refractivity contribution in [3.05, 3.63) is 52.6 Å². The normalized spacial score (nSPS) is 12.8. The van der Waals surface area contributed by atoms with Crippen LogP contribution in [-0.4, -0.2) is 37.0 Å². The fourth-order valence-electron chi connectivity index (χ4n) is 2.50. The Kier molecular flexibility index (Phi) is 4.70. The molecule has 0 fully saturated rings. The van der Waals surface area contributed by atoms with E-state index in [1.54, 1.807) is 24.3 Å². The van der Waals surface area contributed by atoms with E-state index >= 15 is 0 Å². The minimum absolute atomic E-state index is 0.192. The molecule has 0 aromatic heterocycles. The predicted octanol–water partition coefficient (Wildman–Crippen LogP) is 1.97. The van der Waals surface area contributed by atoms with Crippen molar-refractivity contribution in [2.75, 3.05) is 30.5 Å². The highest BCUT2D eigenvalue weighted by Crippen LogP contribution is 2.35. The number of non-ortho nitro benzene ring substituents is 1. The summed E-state index contributed by atoms with van der Waals surface area (Å²) in [6.07, 6.45) is 0. The summed E-state index contributed by atoms with van der Waals surface area (Å²) in [5.74, 6) is 0.0609. The molecule has 1 heterocycles. The quantitative estimate of drug-likeness (QED) is 0.647. The molecule has 0 aliphatic carbocycles. The van der Waals surface area contributed by atoms with E-state index in [4.69, 9.17) is 9.47 Å². The third-order valence-corrected chi connectivity index (χ3v) is 3.77. The van der Waals surface area contributed by atoms with Crippen molar-refractivity contribution >= 4 is 28.9 Å². The summed E-state index contributed by atoms with van der Waals surface area (Å²) < 4.78 is 10.3. The molecule has 9 nitrogen and oxygen atoms in total. The Hall–Kier alpha value is -3.62. The molecule has 1 aliphatic heterocycles. The number of nitrogens with zero attached hydrogens (tertiary/aromatic N) is 2. The van der Waals surface area contributed by atoms with E-state index in [0.29, 0.717) is 17.2 Å². The molecule has 3 rings (SSSR count). The van der Waals surface area contributed by atoms with Gasteiger partial charge in [-0.25, -0.2) is 0 Å². The maximum atomic E-state index is 12.3. The Morgan fingerprint density at radius 3 is 2.69 bits per heavy atom. The number of rotatable bonds is 5. The number of nitro benzene ring substituents is 1. The molecule has 9 heteroatoms. The second-order valence-corrected chi connectivity index (χ2v) is 5.45. The zero-order valence-electron chi connectivity index (χ0n) is 13.8. The van der Waals surface area contributed by atoms with E-state index in [1.165, 1.54) is 30.2 Å². The number of hydrogen-bond donors (Lipinski definition) is 1. The molecular formula is C17H15N3O6. The maximum Gasteiger partial charge on any atom is 0.271 e. The van der Waals surface area contributed by atoms with Crippen LogP contribution in [0.15, 0.2) is 42.5 Å². The molecule has 0 spiro atoms. The number of hydrogen-bond acceptors (Lipinski definition) is 6. The molecule has 0 bridgehead atoms. The number of ether oxygens (including phenoxy) is 2. The van der Waals surface area contributed by atoms with E-state index in [9.17, 15) is 19.7 Å². The van der Waals surface area contributed by atoms with E-state index < -0.39 is 16.7 Å². The van der Waals surface area contributed by atoms with Crippen molar-refractivity contribution in [2.45, 2.75) is 0 Å². The molecule has 2 aromatic carbocycles. The van der Waals surface area contributed by atoms with Gasteiger partial charge in [-0.15, -0.1) is 0 Å². The number of anilines is 2. The van der Waals surface area contributed by atoms with E-state index in [0.717, 1.165) is 0 Å². The molecule has 26 heavy (non-hydrogen) atoms. The number of nitro groups is 1. The van der Waals surface area contributed by atoms with E-state index in [-0.39, 0.29) is 24.5 Å². The summed E-state index contributed by atoms with van der Waals surface area (Å²) in [4.78, 5) is 36.0. The summed E-state index contributed by atoms with van der Waals surface area (Å²) in [6.45, 7) is -0.525. The van der Waals surface area contributed by atoms with Crippen LogP contribution in [0.1, 0.15) is 0 Å². The highest BCUT2D eigenvalue weighted by molar-refractivity contribution is 6.05. The summed E-state index contributed by atoms with van der Waals surface area (Å²) in [6, 6.07) is 10.6. The molecule has 134 valence electrons. The van der Waals surface area contributed by atoms with Crippen LogP contribution in [0.4, 0.5) is 17.1 Å². The molecule has 0 radical (unpaired) electrons. The van der Waals surface area contributed by atoms with Gasteiger partial charge in [0.15, 0.2) is 6.61 Å². The number of carbonyl (C=O) groups excluding carboxylic acids is 2. The van der Waals surface area contributed by atoms with Crippen LogP contribution in [0.3, 0.4) is 0 Å². The van der Waals surface area contributed by atoms with Crippen LogP contribution in [-0.2, 0) is 9.59 Å². The van der Waals surface area contributed by atoms with Gasteiger partial charge >= 0.3 is 0 Å². The van der Waals surface area contributed by atoms with Crippen molar-refractivity contribution in [2.24, 2.45) is 0 Å². The number of nitrogens with one attached hydrogen (secondary N) is 1. The molecule has 0 saturated carbocycles. The van der Waals surface area contributed by atoms with Gasteiger partial charge < -0.3 is 14.8 Å². The van der Waals surface area contributed by atoms with Crippen LogP contribution in [0, 0.1) is 10.1 Å². The van der Waals surface area contributed by atoms with Gasteiger partial charge in [0.05, 0.1) is 17.7 Å². The lowest BCUT2D eigenvalue weighted by atomic mass is 10.2. The molecule has 1 aliphatic rings. The van der Waals surface area contributed by atoms with Gasteiger partial charge in [0.1, 0.15) is 18.0 Å². The zero-order chi connectivity index (χ0) is 18.7. The zero-order valence-corrected chi connectivity index (χ0v) is 13.8. The second kappa shape index (κ2) is 7.09. The molecule has 0 saturated heterocycles. The molecule has 2 aromatic rings. The number of carbonyl (C=O) groups is 2. The minimum atomic E-state index is -0.574. The lowest BCUT2D eigenvalue weighted by Crippen LogP contribution is -2.43. The van der Waals surface area contributed by atoms with Crippen LogP contribution in [0.5, 0.6) is 11.5 Å². The van der Waals surface area contributed by atoms with E-state index in [2.05, 4.69) is 5.32 Å². The van der Waals surface area contributed by atoms with Gasteiger partial charge in [-0.3, -0.25) is 24.6 Å². The Labute approximate surface area is 148 Å². The molecule has 1 N–H and O–H groups in total.